The number of nitrogen functional groups attached to an aromatic ring is 2. The Hall–Kier alpha value is -4.92. The number of carboxylic acid groups (broad SMARTS) is 2. The van der Waals surface area contributed by atoms with Crippen LogP contribution in [0.4, 0.5) is 17.5 Å². The number of aliphatic carboxylic acids is 2. The molecule has 3 rings (SSSR count). The van der Waals surface area contributed by atoms with Gasteiger partial charge in [0.2, 0.25) is 5.95 Å². The molecule has 0 saturated carbocycles. The predicted octanol–water partition coefficient (Wildman–Crippen LogP) is -0.445. The maximum atomic E-state index is 12.9. The number of fused-ring (bicyclic) bond motifs is 1. The van der Waals surface area contributed by atoms with Crippen molar-refractivity contribution in [2.24, 2.45) is 5.73 Å². The Bertz CT molecular complexity index is 1400. The van der Waals surface area contributed by atoms with Gasteiger partial charge in [0.25, 0.3) is 5.91 Å². The van der Waals surface area contributed by atoms with Gasteiger partial charge in [0.15, 0.2) is 28.3 Å². The first-order valence-electron chi connectivity index (χ1n) is 11.3. The highest BCUT2D eigenvalue weighted by atomic mass is 16.4. The molecule has 2 atom stereocenters. The van der Waals surface area contributed by atoms with Crippen LogP contribution in [0.5, 0.6) is 0 Å². The number of hydrogen-bond donors (Lipinski definition) is 6. The van der Waals surface area contributed by atoms with Gasteiger partial charge in [0.1, 0.15) is 0 Å². The van der Waals surface area contributed by atoms with Gasteiger partial charge in [0, 0.05) is 24.7 Å². The highest BCUT2D eigenvalue weighted by molar-refractivity contribution is 6.14. The normalized spacial score (nSPS) is 13.3. The molecule has 0 aliphatic carbocycles. The van der Waals surface area contributed by atoms with Gasteiger partial charge < -0.3 is 37.6 Å². The Morgan fingerprint density at radius 3 is 2.32 bits per heavy atom. The van der Waals surface area contributed by atoms with E-state index in [1.807, 2.05) is 0 Å². The summed E-state index contributed by atoms with van der Waals surface area (Å²) in [7, 11) is 1.77. The van der Waals surface area contributed by atoms with Crippen LogP contribution in [0.3, 0.4) is 0 Å². The summed E-state index contributed by atoms with van der Waals surface area (Å²) in [6.07, 6.45) is 0.182. The van der Waals surface area contributed by atoms with Crippen molar-refractivity contribution in [3.8, 4) is 0 Å². The fraction of sp³-hybridized carbons (Fsp3) is 0.304. The molecule has 38 heavy (non-hydrogen) atoms. The third kappa shape index (κ3) is 5.89. The lowest BCUT2D eigenvalue weighted by atomic mass is 9.85. The van der Waals surface area contributed by atoms with Gasteiger partial charge in [-0.2, -0.15) is 9.97 Å². The molecule has 0 radical (unpaired) electrons. The number of rotatable bonds is 11. The van der Waals surface area contributed by atoms with Gasteiger partial charge in [-0.15, -0.1) is 0 Å². The molecule has 0 aliphatic rings. The first kappa shape index (κ1) is 27.7. The number of Topliss-reactive ketones (excluding diaryl/α,β-unsaturated/α-hetero) is 1. The van der Waals surface area contributed by atoms with Crippen LogP contribution in [0.1, 0.15) is 35.8 Å². The van der Waals surface area contributed by atoms with Gasteiger partial charge in [0.05, 0.1) is 24.5 Å². The first-order chi connectivity index (χ1) is 17.8. The van der Waals surface area contributed by atoms with Crippen molar-refractivity contribution in [2.45, 2.75) is 37.9 Å². The van der Waals surface area contributed by atoms with E-state index in [-0.39, 0.29) is 23.0 Å². The van der Waals surface area contributed by atoms with Crippen molar-refractivity contribution in [2.75, 3.05) is 23.4 Å². The van der Waals surface area contributed by atoms with E-state index in [0.717, 1.165) is 0 Å². The molecular formula is C23H27N9O6. The van der Waals surface area contributed by atoms with E-state index in [1.54, 1.807) is 24.1 Å². The van der Waals surface area contributed by atoms with E-state index in [2.05, 4.69) is 25.3 Å². The Balaban J connectivity index is 1.79. The summed E-state index contributed by atoms with van der Waals surface area (Å²) in [5, 5.41) is 21.0. The van der Waals surface area contributed by atoms with Crippen LogP contribution in [0.15, 0.2) is 30.5 Å². The molecule has 2 heterocycles. The molecule has 2 aromatic heterocycles. The molecule has 0 aliphatic heterocycles. The number of aromatic nitrogens is 4. The highest BCUT2D eigenvalue weighted by Gasteiger charge is 2.48. The number of carbonyl (C=O) groups excluding carboxylic acids is 2. The van der Waals surface area contributed by atoms with E-state index in [4.69, 9.17) is 22.3 Å². The third-order valence-electron chi connectivity index (χ3n) is 5.71. The quantitative estimate of drug-likeness (QED) is 0.173. The number of anilines is 3. The zero-order valence-electron chi connectivity index (χ0n) is 20.6. The standard InChI is InChI=1S/C23H27N9O6/c1-11(24)17(35)23(21(37)38,8-7-15(33)34)31-20(36)12-3-5-14(6-4-12)32(2)10-13-9-27-19-16(28-13)18(25)29-22(26)30-19/h3-6,9,11H,7-8,10,24H2,1-2H3,(H,31,36)(H,33,34)(H,37,38)(H4,25,26,27,29,30)/t11-,23-/m1/s1. The van der Waals surface area contributed by atoms with Crippen molar-refractivity contribution in [3.05, 3.63) is 41.7 Å². The molecule has 1 aromatic carbocycles. The largest absolute Gasteiger partial charge is 0.481 e. The molecular weight excluding hydrogens is 498 g/mol. The number of hydrogen-bond acceptors (Lipinski definition) is 12. The molecule has 15 heteroatoms. The number of nitrogens with two attached hydrogens (primary N) is 3. The van der Waals surface area contributed by atoms with Gasteiger partial charge in [-0.05, 0) is 37.6 Å². The van der Waals surface area contributed by atoms with Crippen molar-refractivity contribution in [1.29, 1.82) is 0 Å². The number of nitrogens with one attached hydrogen (secondary N) is 1. The fourth-order valence-corrected chi connectivity index (χ4v) is 3.72. The van der Waals surface area contributed by atoms with Crippen molar-refractivity contribution in [1.82, 2.24) is 25.3 Å². The summed E-state index contributed by atoms with van der Waals surface area (Å²) in [6.45, 7) is 1.56. The summed E-state index contributed by atoms with van der Waals surface area (Å²) in [5.74, 6) is -4.83. The molecule has 0 saturated heterocycles. The van der Waals surface area contributed by atoms with Crippen molar-refractivity contribution >= 4 is 52.2 Å². The van der Waals surface area contributed by atoms with E-state index < -0.39 is 48.1 Å². The Kier molecular flexibility index (Phi) is 8.01. The van der Waals surface area contributed by atoms with Crippen LogP contribution >= 0.6 is 0 Å². The second kappa shape index (κ2) is 11.0. The summed E-state index contributed by atoms with van der Waals surface area (Å²) in [6, 6.07) is 4.82. The summed E-state index contributed by atoms with van der Waals surface area (Å²) in [4.78, 5) is 67.0. The molecule has 200 valence electrons. The Morgan fingerprint density at radius 1 is 1.08 bits per heavy atom. The maximum Gasteiger partial charge on any atom is 0.337 e. The monoisotopic (exact) mass is 525 g/mol. The Labute approximate surface area is 216 Å². The number of amides is 1. The van der Waals surface area contributed by atoms with Crippen LogP contribution in [-0.2, 0) is 20.9 Å². The maximum absolute atomic E-state index is 12.9. The first-order valence-corrected chi connectivity index (χ1v) is 11.3. The molecule has 3 aromatic rings. The minimum atomic E-state index is -2.50. The number of nitrogens with zero attached hydrogens (tertiary/aromatic N) is 5. The summed E-state index contributed by atoms with van der Waals surface area (Å²) >= 11 is 0. The highest BCUT2D eigenvalue weighted by Crippen LogP contribution is 2.21. The zero-order valence-corrected chi connectivity index (χ0v) is 20.6. The third-order valence-corrected chi connectivity index (χ3v) is 5.71. The second-order valence-electron chi connectivity index (χ2n) is 8.61. The predicted molar refractivity (Wildman–Crippen MR) is 136 cm³/mol. The van der Waals surface area contributed by atoms with Crippen molar-refractivity contribution < 1.29 is 29.4 Å². The van der Waals surface area contributed by atoms with E-state index in [0.29, 0.717) is 23.4 Å². The summed E-state index contributed by atoms with van der Waals surface area (Å²) in [5.41, 5.74) is 16.4. The SMILES string of the molecule is C[C@@H](N)C(=O)[C@@](CCC(=O)O)(NC(=O)c1ccc(N(C)Cc2cnc3nc(N)nc(N)c3n2)cc1)C(=O)O. The van der Waals surface area contributed by atoms with Crippen molar-refractivity contribution in [3.63, 3.8) is 0 Å². The van der Waals surface area contributed by atoms with Crippen LogP contribution < -0.4 is 27.4 Å². The average Bonchev–Trinajstić information content (AvgIpc) is 2.86. The van der Waals surface area contributed by atoms with Gasteiger partial charge in [-0.25, -0.2) is 14.8 Å². The average molecular weight is 526 g/mol. The van der Waals surface area contributed by atoms with E-state index in [1.165, 1.54) is 25.3 Å². The zero-order chi connectivity index (χ0) is 28.2. The van der Waals surface area contributed by atoms with E-state index in [9.17, 15) is 24.3 Å². The molecule has 0 fully saturated rings. The minimum absolute atomic E-state index is 0.0114. The van der Waals surface area contributed by atoms with Gasteiger partial charge in [-0.1, -0.05) is 0 Å². The van der Waals surface area contributed by atoms with Gasteiger partial charge >= 0.3 is 11.9 Å². The topological polar surface area (TPSA) is 254 Å². The number of carboxylic acids is 2. The van der Waals surface area contributed by atoms with Crippen LogP contribution in [0.25, 0.3) is 11.2 Å². The van der Waals surface area contributed by atoms with Crippen LogP contribution in [0.2, 0.25) is 0 Å². The molecule has 0 unspecified atom stereocenters. The number of benzene rings is 1. The number of ketones is 1. The van der Waals surface area contributed by atoms with Gasteiger partial charge in [-0.3, -0.25) is 14.4 Å². The lowest BCUT2D eigenvalue weighted by Crippen LogP contribution is -2.63. The lowest BCUT2D eigenvalue weighted by Gasteiger charge is -2.30. The van der Waals surface area contributed by atoms with Crippen LogP contribution in [0, 0.1) is 0 Å². The lowest BCUT2D eigenvalue weighted by molar-refractivity contribution is -0.151. The number of carbonyl (C=O) groups is 4. The van der Waals surface area contributed by atoms with Crippen LogP contribution in [-0.4, -0.2) is 72.4 Å². The molecule has 9 N–H and O–H groups in total. The molecule has 1 amide bonds. The van der Waals surface area contributed by atoms with E-state index >= 15 is 0 Å². The molecule has 15 nitrogen and oxygen atoms in total. The fourth-order valence-electron chi connectivity index (χ4n) is 3.72. The summed E-state index contributed by atoms with van der Waals surface area (Å²) < 4.78 is 0. The molecule has 0 bridgehead atoms. The second-order valence-corrected chi connectivity index (χ2v) is 8.61. The smallest absolute Gasteiger partial charge is 0.337 e. The molecule has 0 spiro atoms. The minimum Gasteiger partial charge on any atom is -0.481 e. The Morgan fingerprint density at radius 2 is 1.74 bits per heavy atom.